The average molecular weight is 229 g/mol. The van der Waals surface area contributed by atoms with Gasteiger partial charge in [-0.3, -0.25) is 0 Å². The monoisotopic (exact) mass is 229 g/mol. The predicted octanol–water partition coefficient (Wildman–Crippen LogP) is 3.68. The number of anilines is 1. The van der Waals surface area contributed by atoms with E-state index in [2.05, 4.69) is 61.6 Å². The summed E-state index contributed by atoms with van der Waals surface area (Å²) < 4.78 is 5.33. The van der Waals surface area contributed by atoms with Gasteiger partial charge < -0.3 is 10.1 Å². The van der Waals surface area contributed by atoms with Gasteiger partial charge in [0.25, 0.3) is 0 Å². The molecular formula is C15H19NO. The Hall–Kier alpha value is -1.54. The van der Waals surface area contributed by atoms with Gasteiger partial charge in [-0.2, -0.15) is 0 Å². The Bertz CT molecular complexity index is 490. The summed E-state index contributed by atoms with van der Waals surface area (Å²) in [6.07, 6.45) is 0.189. The van der Waals surface area contributed by atoms with Crippen LogP contribution in [0.1, 0.15) is 13.8 Å². The number of hydrogen-bond acceptors (Lipinski definition) is 2. The summed E-state index contributed by atoms with van der Waals surface area (Å²) in [5, 5.41) is 6.02. The Morgan fingerprint density at radius 3 is 2.47 bits per heavy atom. The second-order valence-electron chi connectivity index (χ2n) is 4.40. The Morgan fingerprint density at radius 2 is 1.71 bits per heavy atom. The van der Waals surface area contributed by atoms with Crippen LogP contribution in [-0.2, 0) is 4.74 Å². The van der Waals surface area contributed by atoms with Crippen molar-refractivity contribution in [2.24, 2.45) is 0 Å². The van der Waals surface area contributed by atoms with Crippen LogP contribution in [0.4, 0.5) is 5.69 Å². The van der Waals surface area contributed by atoms with E-state index in [4.69, 9.17) is 4.74 Å². The van der Waals surface area contributed by atoms with E-state index in [0.717, 1.165) is 0 Å². The van der Waals surface area contributed by atoms with E-state index in [-0.39, 0.29) is 12.1 Å². The molecule has 2 aromatic carbocycles. The smallest absolute Gasteiger partial charge is 0.0741 e. The topological polar surface area (TPSA) is 21.3 Å². The summed E-state index contributed by atoms with van der Waals surface area (Å²) in [5.74, 6) is 0. The molecule has 0 spiro atoms. The minimum absolute atomic E-state index is 0.189. The molecule has 0 aliphatic carbocycles. The van der Waals surface area contributed by atoms with Crippen molar-refractivity contribution in [1.82, 2.24) is 0 Å². The number of nitrogens with one attached hydrogen (secondary N) is 1. The van der Waals surface area contributed by atoms with E-state index in [0.29, 0.717) is 0 Å². The van der Waals surface area contributed by atoms with Gasteiger partial charge in [-0.25, -0.2) is 0 Å². The van der Waals surface area contributed by atoms with Gasteiger partial charge in [-0.05, 0) is 25.3 Å². The molecule has 0 radical (unpaired) electrons. The fourth-order valence-corrected chi connectivity index (χ4v) is 1.92. The van der Waals surface area contributed by atoms with Crippen LogP contribution in [0.25, 0.3) is 10.8 Å². The lowest BCUT2D eigenvalue weighted by Gasteiger charge is -2.22. The molecule has 2 nitrogen and oxygen atoms in total. The van der Waals surface area contributed by atoms with Gasteiger partial charge in [0, 0.05) is 24.2 Å². The van der Waals surface area contributed by atoms with E-state index in [9.17, 15) is 0 Å². The lowest BCUT2D eigenvalue weighted by atomic mass is 10.1. The van der Waals surface area contributed by atoms with Crippen LogP contribution in [0, 0.1) is 0 Å². The van der Waals surface area contributed by atoms with Crippen LogP contribution in [0.3, 0.4) is 0 Å². The number of ether oxygens (including phenoxy) is 1. The highest BCUT2D eigenvalue weighted by Crippen LogP contribution is 2.24. The minimum atomic E-state index is 0.189. The predicted molar refractivity (Wildman–Crippen MR) is 73.5 cm³/mol. The molecule has 0 amide bonds. The van der Waals surface area contributed by atoms with Crippen molar-refractivity contribution in [3.8, 4) is 0 Å². The summed E-state index contributed by atoms with van der Waals surface area (Å²) >= 11 is 0. The van der Waals surface area contributed by atoms with Gasteiger partial charge in [0.05, 0.1) is 6.10 Å². The number of fused-ring (bicyclic) bond motifs is 1. The van der Waals surface area contributed by atoms with Gasteiger partial charge in [0.15, 0.2) is 0 Å². The van der Waals surface area contributed by atoms with Crippen molar-refractivity contribution in [3.63, 3.8) is 0 Å². The zero-order valence-electron chi connectivity index (χ0n) is 10.6. The Kier molecular flexibility index (Phi) is 3.64. The molecule has 2 unspecified atom stereocenters. The number of rotatable bonds is 4. The van der Waals surface area contributed by atoms with Crippen LogP contribution in [-0.4, -0.2) is 19.3 Å². The molecule has 0 saturated carbocycles. The van der Waals surface area contributed by atoms with Gasteiger partial charge in [-0.1, -0.05) is 36.4 Å². The summed E-state index contributed by atoms with van der Waals surface area (Å²) in [6.45, 7) is 4.21. The lowest BCUT2D eigenvalue weighted by molar-refractivity contribution is 0.106. The molecule has 2 aromatic rings. The lowest BCUT2D eigenvalue weighted by Crippen LogP contribution is -2.29. The summed E-state index contributed by atoms with van der Waals surface area (Å²) in [4.78, 5) is 0. The molecule has 0 fully saturated rings. The SMILES string of the molecule is COC(C)C(C)Nc1cccc2ccccc12. The fourth-order valence-electron chi connectivity index (χ4n) is 1.92. The van der Waals surface area contributed by atoms with Crippen molar-refractivity contribution in [2.45, 2.75) is 26.0 Å². The molecule has 0 heterocycles. The largest absolute Gasteiger partial charge is 0.380 e. The first-order chi connectivity index (χ1) is 8.22. The first-order valence-electron chi connectivity index (χ1n) is 5.99. The third-order valence-electron chi connectivity index (χ3n) is 3.25. The molecule has 2 rings (SSSR count). The van der Waals surface area contributed by atoms with Gasteiger partial charge in [-0.15, -0.1) is 0 Å². The van der Waals surface area contributed by atoms with Crippen LogP contribution >= 0.6 is 0 Å². The van der Waals surface area contributed by atoms with Gasteiger partial charge in [0.1, 0.15) is 0 Å². The van der Waals surface area contributed by atoms with Crippen LogP contribution in [0.5, 0.6) is 0 Å². The van der Waals surface area contributed by atoms with Gasteiger partial charge >= 0.3 is 0 Å². The third-order valence-corrected chi connectivity index (χ3v) is 3.25. The summed E-state index contributed by atoms with van der Waals surface area (Å²) in [6, 6.07) is 15.0. The number of benzene rings is 2. The molecule has 17 heavy (non-hydrogen) atoms. The second kappa shape index (κ2) is 5.19. The van der Waals surface area contributed by atoms with Crippen LogP contribution in [0.15, 0.2) is 42.5 Å². The van der Waals surface area contributed by atoms with Crippen molar-refractivity contribution in [2.75, 3.05) is 12.4 Å². The quantitative estimate of drug-likeness (QED) is 0.863. The number of methoxy groups -OCH3 is 1. The van der Waals surface area contributed by atoms with Gasteiger partial charge in [0.2, 0.25) is 0 Å². The molecule has 90 valence electrons. The molecule has 0 saturated heterocycles. The third kappa shape index (κ3) is 2.59. The number of hydrogen-bond donors (Lipinski definition) is 1. The van der Waals surface area contributed by atoms with E-state index in [1.807, 2.05) is 0 Å². The Morgan fingerprint density at radius 1 is 1.00 bits per heavy atom. The van der Waals surface area contributed by atoms with Crippen molar-refractivity contribution in [3.05, 3.63) is 42.5 Å². The molecular weight excluding hydrogens is 210 g/mol. The standard InChI is InChI=1S/C15H19NO/c1-11(12(2)17-3)16-15-10-6-8-13-7-4-5-9-14(13)15/h4-12,16H,1-3H3. The van der Waals surface area contributed by atoms with Crippen molar-refractivity contribution >= 4 is 16.5 Å². The van der Waals surface area contributed by atoms with Crippen molar-refractivity contribution in [1.29, 1.82) is 0 Å². The van der Waals surface area contributed by atoms with E-state index < -0.39 is 0 Å². The first-order valence-corrected chi connectivity index (χ1v) is 5.99. The maximum Gasteiger partial charge on any atom is 0.0741 e. The van der Waals surface area contributed by atoms with E-state index in [1.165, 1.54) is 16.5 Å². The molecule has 0 aliphatic rings. The van der Waals surface area contributed by atoms with Crippen LogP contribution in [0.2, 0.25) is 0 Å². The van der Waals surface area contributed by atoms with E-state index in [1.54, 1.807) is 7.11 Å². The molecule has 2 atom stereocenters. The molecule has 1 N–H and O–H groups in total. The Labute approximate surface area is 103 Å². The zero-order chi connectivity index (χ0) is 12.3. The Balaban J connectivity index is 2.30. The highest BCUT2D eigenvalue weighted by atomic mass is 16.5. The molecule has 0 bridgehead atoms. The minimum Gasteiger partial charge on any atom is -0.380 e. The van der Waals surface area contributed by atoms with Crippen molar-refractivity contribution < 1.29 is 4.74 Å². The van der Waals surface area contributed by atoms with E-state index >= 15 is 0 Å². The zero-order valence-corrected chi connectivity index (χ0v) is 10.6. The van der Waals surface area contributed by atoms with Crippen LogP contribution < -0.4 is 5.32 Å². The normalized spacial score (nSPS) is 14.5. The highest BCUT2D eigenvalue weighted by Gasteiger charge is 2.11. The average Bonchev–Trinajstić information content (AvgIpc) is 2.38. The molecule has 2 heteroatoms. The first kappa shape index (κ1) is 11.9. The molecule has 0 aliphatic heterocycles. The molecule has 0 aromatic heterocycles. The second-order valence-corrected chi connectivity index (χ2v) is 4.40. The maximum atomic E-state index is 5.33. The maximum absolute atomic E-state index is 5.33. The summed E-state index contributed by atoms with van der Waals surface area (Å²) in [7, 11) is 1.74. The fraction of sp³-hybridized carbons (Fsp3) is 0.333. The summed E-state index contributed by atoms with van der Waals surface area (Å²) in [5.41, 5.74) is 1.17. The highest BCUT2D eigenvalue weighted by molar-refractivity contribution is 5.93.